The predicted molar refractivity (Wildman–Crippen MR) is 104 cm³/mol. The third-order valence-electron chi connectivity index (χ3n) is 3.66. The van der Waals surface area contributed by atoms with Crippen LogP contribution < -0.4 is 14.8 Å². The molecule has 2 aromatic rings. The van der Waals surface area contributed by atoms with Gasteiger partial charge in [-0.25, -0.2) is 4.99 Å². The van der Waals surface area contributed by atoms with Crippen LogP contribution in [0.1, 0.15) is 36.2 Å². The van der Waals surface area contributed by atoms with Gasteiger partial charge in [-0.1, -0.05) is 6.08 Å². The molecule has 0 radical (unpaired) electrons. The van der Waals surface area contributed by atoms with Gasteiger partial charge in [0.25, 0.3) is 5.91 Å². The van der Waals surface area contributed by atoms with Crippen LogP contribution in [0.2, 0.25) is 0 Å². The average Bonchev–Trinajstić information content (AvgIpc) is 3.28. The Balaban J connectivity index is 1.70. The van der Waals surface area contributed by atoms with Crippen molar-refractivity contribution in [3.8, 4) is 11.5 Å². The summed E-state index contributed by atoms with van der Waals surface area (Å²) in [6, 6.07) is 7.36. The molecular weight excluding hydrogens is 348 g/mol. The number of hydrogen-bond acceptors (Lipinski definition) is 5. The topological polar surface area (TPSA) is 59.9 Å². The monoisotopic (exact) mass is 370 g/mol. The van der Waals surface area contributed by atoms with Crippen molar-refractivity contribution >= 4 is 23.1 Å². The molecule has 0 aliphatic carbocycles. The Morgan fingerprint density at radius 2 is 2.15 bits per heavy atom. The number of ether oxygens (including phenoxy) is 2. The minimum Gasteiger partial charge on any atom is -0.493 e. The fourth-order valence-corrected chi connectivity index (χ4v) is 3.20. The standard InChI is InChI=1S/C20H22N2O3S/c1-14(2)25-18-11-16(20(23)22-19-4-3-7-21-19)10-17(12-18)24-8-5-15-6-9-26-13-15/h3,6-7,9-14H,4-5,8H2,1-2H3,(H,21,22,23). The summed E-state index contributed by atoms with van der Waals surface area (Å²) in [6.45, 7) is 4.44. The van der Waals surface area contributed by atoms with Crippen LogP contribution in [0.3, 0.4) is 0 Å². The van der Waals surface area contributed by atoms with Crippen LogP contribution >= 0.6 is 11.3 Å². The number of nitrogens with one attached hydrogen (secondary N) is 1. The second kappa shape index (κ2) is 8.67. The van der Waals surface area contributed by atoms with E-state index in [0.717, 1.165) is 6.42 Å². The third kappa shape index (κ3) is 5.20. The van der Waals surface area contributed by atoms with Crippen LogP contribution in [0.5, 0.6) is 11.5 Å². The summed E-state index contributed by atoms with van der Waals surface area (Å²) in [5.41, 5.74) is 1.73. The molecule has 1 amide bonds. The summed E-state index contributed by atoms with van der Waals surface area (Å²) in [4.78, 5) is 16.6. The van der Waals surface area contributed by atoms with Crippen molar-refractivity contribution in [2.45, 2.75) is 32.8 Å². The van der Waals surface area contributed by atoms with Crippen LogP contribution in [0.4, 0.5) is 0 Å². The lowest BCUT2D eigenvalue weighted by molar-refractivity contribution is 0.0975. The Kier molecular flexibility index (Phi) is 6.07. The zero-order valence-electron chi connectivity index (χ0n) is 14.9. The normalized spacial score (nSPS) is 13.0. The fraction of sp³-hybridized carbons (Fsp3) is 0.300. The Morgan fingerprint density at radius 1 is 1.31 bits per heavy atom. The molecule has 0 bridgehead atoms. The second-order valence-electron chi connectivity index (χ2n) is 6.21. The number of amides is 1. The van der Waals surface area contributed by atoms with E-state index in [9.17, 15) is 4.79 Å². The lowest BCUT2D eigenvalue weighted by atomic mass is 10.1. The van der Waals surface area contributed by atoms with Gasteiger partial charge in [-0.15, -0.1) is 0 Å². The molecule has 2 heterocycles. The molecule has 3 rings (SSSR count). The van der Waals surface area contributed by atoms with Gasteiger partial charge >= 0.3 is 0 Å². The number of thiophene rings is 1. The third-order valence-corrected chi connectivity index (χ3v) is 4.39. The molecule has 1 N–H and O–H groups in total. The van der Waals surface area contributed by atoms with Crippen LogP contribution in [-0.4, -0.2) is 24.5 Å². The van der Waals surface area contributed by atoms with Crippen molar-refractivity contribution in [2.75, 3.05) is 6.61 Å². The Morgan fingerprint density at radius 3 is 2.85 bits per heavy atom. The lowest BCUT2D eigenvalue weighted by Crippen LogP contribution is -2.29. The summed E-state index contributed by atoms with van der Waals surface area (Å²) in [7, 11) is 0. The van der Waals surface area contributed by atoms with E-state index >= 15 is 0 Å². The van der Waals surface area contributed by atoms with Gasteiger partial charge in [0.1, 0.15) is 17.3 Å². The highest BCUT2D eigenvalue weighted by molar-refractivity contribution is 7.07. The van der Waals surface area contributed by atoms with Crippen LogP contribution in [0.15, 0.2) is 52.3 Å². The molecule has 1 aromatic carbocycles. The number of rotatable bonds is 7. The molecule has 0 unspecified atom stereocenters. The maximum absolute atomic E-state index is 12.5. The fourth-order valence-electron chi connectivity index (χ4n) is 2.49. The SMILES string of the molecule is CC(C)Oc1cc(OCCc2ccsc2)cc(C(=O)NC2=NC=CC2)c1. The molecule has 0 fully saturated rings. The molecular formula is C20H22N2O3S. The number of amidine groups is 1. The first-order valence-electron chi connectivity index (χ1n) is 8.59. The summed E-state index contributed by atoms with van der Waals surface area (Å²) in [6.07, 6.45) is 5.05. The molecule has 1 aromatic heterocycles. The zero-order chi connectivity index (χ0) is 18.4. The van der Waals surface area contributed by atoms with Gasteiger partial charge in [0, 0.05) is 30.7 Å². The molecule has 0 saturated heterocycles. The largest absolute Gasteiger partial charge is 0.493 e. The van der Waals surface area contributed by atoms with Crippen molar-refractivity contribution in [1.82, 2.24) is 5.32 Å². The predicted octanol–water partition coefficient (Wildman–Crippen LogP) is 4.20. The molecule has 0 saturated carbocycles. The maximum atomic E-state index is 12.5. The number of nitrogens with zero attached hydrogens (tertiary/aromatic N) is 1. The first-order valence-corrected chi connectivity index (χ1v) is 9.53. The van der Waals surface area contributed by atoms with Gasteiger partial charge in [-0.2, -0.15) is 11.3 Å². The maximum Gasteiger partial charge on any atom is 0.256 e. The Bertz CT molecular complexity index is 810. The number of aliphatic imine (C=N–C) groups is 1. The molecule has 6 heteroatoms. The smallest absolute Gasteiger partial charge is 0.256 e. The first kappa shape index (κ1) is 18.2. The molecule has 1 aliphatic heterocycles. The van der Waals surface area contributed by atoms with E-state index in [4.69, 9.17) is 9.47 Å². The van der Waals surface area contributed by atoms with E-state index in [1.807, 2.05) is 26.0 Å². The van der Waals surface area contributed by atoms with Crippen molar-refractivity contribution in [1.29, 1.82) is 0 Å². The molecule has 1 aliphatic rings. The molecule has 5 nitrogen and oxygen atoms in total. The van der Waals surface area contributed by atoms with Gasteiger partial charge in [-0.05, 0) is 48.4 Å². The van der Waals surface area contributed by atoms with Gasteiger partial charge in [-0.3, -0.25) is 4.79 Å². The van der Waals surface area contributed by atoms with Crippen LogP contribution in [0.25, 0.3) is 0 Å². The van der Waals surface area contributed by atoms with Gasteiger partial charge in [0.15, 0.2) is 0 Å². The van der Waals surface area contributed by atoms with Crippen LogP contribution in [-0.2, 0) is 6.42 Å². The molecule has 26 heavy (non-hydrogen) atoms. The van der Waals surface area contributed by atoms with E-state index in [1.54, 1.807) is 29.7 Å². The van der Waals surface area contributed by atoms with E-state index in [-0.39, 0.29) is 12.0 Å². The number of carbonyl (C=O) groups excluding carboxylic acids is 1. The lowest BCUT2D eigenvalue weighted by Gasteiger charge is -2.14. The quantitative estimate of drug-likeness (QED) is 0.794. The zero-order valence-corrected chi connectivity index (χ0v) is 15.7. The summed E-state index contributed by atoms with van der Waals surface area (Å²) < 4.78 is 11.6. The van der Waals surface area contributed by atoms with E-state index < -0.39 is 0 Å². The first-order chi connectivity index (χ1) is 12.6. The summed E-state index contributed by atoms with van der Waals surface area (Å²) >= 11 is 1.67. The van der Waals surface area contributed by atoms with Crippen molar-refractivity contribution < 1.29 is 14.3 Å². The number of benzene rings is 1. The average molecular weight is 370 g/mol. The highest BCUT2D eigenvalue weighted by Gasteiger charge is 2.14. The van der Waals surface area contributed by atoms with Crippen molar-refractivity contribution in [3.05, 3.63) is 58.4 Å². The second-order valence-corrected chi connectivity index (χ2v) is 6.99. The highest BCUT2D eigenvalue weighted by atomic mass is 32.1. The van der Waals surface area contributed by atoms with Gasteiger partial charge < -0.3 is 14.8 Å². The minimum absolute atomic E-state index is 0.00961. The number of carbonyl (C=O) groups is 1. The molecule has 0 atom stereocenters. The van der Waals surface area contributed by atoms with Gasteiger partial charge in [0.2, 0.25) is 0 Å². The van der Waals surface area contributed by atoms with Crippen LogP contribution in [0, 0.1) is 0 Å². The summed E-state index contributed by atoms with van der Waals surface area (Å²) in [5, 5.41) is 6.98. The van der Waals surface area contributed by atoms with E-state index in [1.165, 1.54) is 5.56 Å². The van der Waals surface area contributed by atoms with Crippen molar-refractivity contribution in [3.63, 3.8) is 0 Å². The van der Waals surface area contributed by atoms with E-state index in [2.05, 4.69) is 27.1 Å². The Labute approximate surface area is 157 Å². The number of hydrogen-bond donors (Lipinski definition) is 1. The minimum atomic E-state index is -0.218. The van der Waals surface area contributed by atoms with Gasteiger partial charge in [0.05, 0.1) is 12.7 Å². The Hall–Kier alpha value is -2.60. The van der Waals surface area contributed by atoms with E-state index in [0.29, 0.717) is 35.9 Å². The summed E-state index contributed by atoms with van der Waals surface area (Å²) in [5.74, 6) is 1.66. The van der Waals surface area contributed by atoms with Crippen molar-refractivity contribution in [2.24, 2.45) is 4.99 Å². The molecule has 0 spiro atoms. The highest BCUT2D eigenvalue weighted by Crippen LogP contribution is 2.24. The molecule has 136 valence electrons.